The Labute approximate surface area is 110 Å². The van der Waals surface area contributed by atoms with Crippen LogP contribution in [-0.2, 0) is 0 Å². The molecule has 0 aliphatic heterocycles. The number of hydrogen-bond donors (Lipinski definition) is 3. The number of methoxy groups -OCH3 is 1. The maximum absolute atomic E-state index is 11.5. The first kappa shape index (κ1) is 14.4. The molecule has 1 aromatic rings. The highest BCUT2D eigenvalue weighted by Crippen LogP contribution is 2.25. The van der Waals surface area contributed by atoms with Crippen LogP contribution in [0, 0.1) is 12.3 Å². The number of hydrogen-bond acceptors (Lipinski definition) is 3. The molecule has 100 valence electrons. The van der Waals surface area contributed by atoms with Gasteiger partial charge in [0.25, 0.3) is 0 Å². The van der Waals surface area contributed by atoms with Crippen molar-refractivity contribution in [2.45, 2.75) is 6.42 Å². The minimum Gasteiger partial charge on any atom is -0.495 e. The van der Waals surface area contributed by atoms with Gasteiger partial charge >= 0.3 is 12.0 Å². The molecule has 1 rings (SSSR count). The summed E-state index contributed by atoms with van der Waals surface area (Å²) in [4.78, 5) is 22.4. The van der Waals surface area contributed by atoms with E-state index in [1.807, 2.05) is 0 Å². The third-order valence-electron chi connectivity index (χ3n) is 2.25. The van der Waals surface area contributed by atoms with Crippen LogP contribution < -0.4 is 15.4 Å². The number of aromatic carboxylic acids is 1. The second kappa shape index (κ2) is 6.91. The number of amides is 2. The summed E-state index contributed by atoms with van der Waals surface area (Å²) in [5, 5.41) is 13.9. The fourth-order valence-corrected chi connectivity index (χ4v) is 1.35. The predicted molar refractivity (Wildman–Crippen MR) is 70.4 cm³/mol. The van der Waals surface area contributed by atoms with Gasteiger partial charge in [-0.3, -0.25) is 0 Å². The molecule has 0 heterocycles. The zero-order valence-electron chi connectivity index (χ0n) is 10.4. The van der Waals surface area contributed by atoms with E-state index in [9.17, 15) is 9.59 Å². The molecule has 0 aromatic heterocycles. The lowest BCUT2D eigenvalue weighted by Gasteiger charge is -2.11. The maximum atomic E-state index is 11.5. The van der Waals surface area contributed by atoms with E-state index in [2.05, 4.69) is 16.6 Å². The van der Waals surface area contributed by atoms with Crippen LogP contribution in [-0.4, -0.2) is 30.8 Å². The van der Waals surface area contributed by atoms with Gasteiger partial charge in [-0.05, 0) is 18.2 Å². The number of carbonyl (C=O) groups excluding carboxylic acids is 1. The number of terminal acetylenes is 1. The van der Waals surface area contributed by atoms with Gasteiger partial charge in [-0.1, -0.05) is 0 Å². The fourth-order valence-electron chi connectivity index (χ4n) is 1.35. The van der Waals surface area contributed by atoms with Crippen molar-refractivity contribution in [1.29, 1.82) is 0 Å². The van der Waals surface area contributed by atoms with Crippen molar-refractivity contribution < 1.29 is 19.4 Å². The van der Waals surface area contributed by atoms with Crippen LogP contribution in [0.5, 0.6) is 5.75 Å². The van der Waals surface area contributed by atoms with Crippen LogP contribution >= 0.6 is 0 Å². The first-order chi connectivity index (χ1) is 9.08. The Morgan fingerprint density at radius 1 is 1.47 bits per heavy atom. The van der Waals surface area contributed by atoms with Crippen molar-refractivity contribution in [3.05, 3.63) is 23.8 Å². The van der Waals surface area contributed by atoms with Gasteiger partial charge in [0.2, 0.25) is 0 Å². The molecule has 0 bridgehead atoms. The summed E-state index contributed by atoms with van der Waals surface area (Å²) in [6.07, 6.45) is 5.48. The van der Waals surface area contributed by atoms with Gasteiger partial charge in [0.1, 0.15) is 5.75 Å². The lowest BCUT2D eigenvalue weighted by atomic mass is 10.2. The molecule has 6 nitrogen and oxygen atoms in total. The smallest absolute Gasteiger partial charge is 0.335 e. The first-order valence-electron chi connectivity index (χ1n) is 5.48. The molecule has 0 atom stereocenters. The number of carboxylic acids is 1. The number of carbonyl (C=O) groups is 2. The lowest BCUT2D eigenvalue weighted by Crippen LogP contribution is -2.29. The third-order valence-corrected chi connectivity index (χ3v) is 2.25. The molecule has 2 amide bonds. The van der Waals surface area contributed by atoms with Crippen LogP contribution in [0.2, 0.25) is 0 Å². The van der Waals surface area contributed by atoms with Crippen molar-refractivity contribution in [3.63, 3.8) is 0 Å². The summed E-state index contributed by atoms with van der Waals surface area (Å²) in [5.41, 5.74) is 0.334. The monoisotopic (exact) mass is 262 g/mol. The molecule has 6 heteroatoms. The van der Waals surface area contributed by atoms with Gasteiger partial charge in [0, 0.05) is 13.0 Å². The highest BCUT2D eigenvalue weighted by atomic mass is 16.5. The largest absolute Gasteiger partial charge is 0.495 e. The molecule has 0 radical (unpaired) electrons. The zero-order valence-corrected chi connectivity index (χ0v) is 10.4. The van der Waals surface area contributed by atoms with Crippen LogP contribution in [0.4, 0.5) is 10.5 Å². The van der Waals surface area contributed by atoms with Gasteiger partial charge in [0.05, 0.1) is 18.4 Å². The van der Waals surface area contributed by atoms with Crippen LogP contribution in [0.25, 0.3) is 0 Å². The van der Waals surface area contributed by atoms with E-state index in [0.717, 1.165) is 0 Å². The van der Waals surface area contributed by atoms with E-state index < -0.39 is 12.0 Å². The first-order valence-corrected chi connectivity index (χ1v) is 5.48. The Morgan fingerprint density at radius 3 is 2.79 bits per heavy atom. The maximum Gasteiger partial charge on any atom is 0.335 e. The van der Waals surface area contributed by atoms with Crippen molar-refractivity contribution >= 4 is 17.7 Å². The standard InChI is InChI=1S/C13H14N2O4/c1-3-4-7-14-13(18)15-10-8-9(12(16)17)5-6-11(10)19-2/h1,5-6,8H,4,7H2,2H3,(H,16,17)(H2,14,15,18). The van der Waals surface area contributed by atoms with Gasteiger partial charge in [-0.2, -0.15) is 0 Å². The summed E-state index contributed by atoms with van der Waals surface area (Å²) >= 11 is 0. The number of nitrogens with one attached hydrogen (secondary N) is 2. The average Bonchev–Trinajstić information content (AvgIpc) is 2.38. The number of anilines is 1. The van der Waals surface area contributed by atoms with E-state index in [4.69, 9.17) is 16.3 Å². The third kappa shape index (κ3) is 4.24. The topological polar surface area (TPSA) is 87.7 Å². The van der Waals surface area contributed by atoms with Crippen LogP contribution in [0.3, 0.4) is 0 Å². The molecule has 0 unspecified atom stereocenters. The van der Waals surface area contributed by atoms with Crippen molar-refractivity contribution in [2.24, 2.45) is 0 Å². The SMILES string of the molecule is C#CCCNC(=O)Nc1cc(C(=O)O)ccc1OC. The van der Waals surface area contributed by atoms with Crippen molar-refractivity contribution in [3.8, 4) is 18.1 Å². The van der Waals surface area contributed by atoms with Crippen molar-refractivity contribution in [1.82, 2.24) is 5.32 Å². The summed E-state index contributed by atoms with van der Waals surface area (Å²) < 4.78 is 5.04. The summed E-state index contributed by atoms with van der Waals surface area (Å²) in [6, 6.07) is 3.71. The molecule has 0 fully saturated rings. The highest BCUT2D eigenvalue weighted by Gasteiger charge is 2.11. The Balaban J connectivity index is 2.80. The second-order valence-corrected chi connectivity index (χ2v) is 3.56. The van der Waals surface area contributed by atoms with Gasteiger partial charge in [-0.25, -0.2) is 9.59 Å². The van der Waals surface area contributed by atoms with E-state index in [1.165, 1.54) is 25.3 Å². The minimum atomic E-state index is -1.08. The van der Waals surface area contributed by atoms with E-state index in [0.29, 0.717) is 18.7 Å². The lowest BCUT2D eigenvalue weighted by molar-refractivity contribution is 0.0697. The Kier molecular flexibility index (Phi) is 5.23. The number of benzene rings is 1. The minimum absolute atomic E-state index is 0.0553. The highest BCUT2D eigenvalue weighted by molar-refractivity contribution is 5.94. The summed E-state index contributed by atoms with van der Waals surface area (Å²) in [6.45, 7) is 0.337. The Hall–Kier alpha value is -2.68. The number of urea groups is 1. The second-order valence-electron chi connectivity index (χ2n) is 3.56. The number of carboxylic acid groups (broad SMARTS) is 1. The van der Waals surface area contributed by atoms with E-state index in [-0.39, 0.29) is 11.3 Å². The van der Waals surface area contributed by atoms with Gasteiger partial charge < -0.3 is 20.5 Å². The Bertz CT molecular complexity index is 520. The summed E-state index contributed by atoms with van der Waals surface area (Å²) in [5.74, 6) is 1.68. The van der Waals surface area contributed by atoms with E-state index in [1.54, 1.807) is 0 Å². The molecule has 0 saturated heterocycles. The normalized spacial score (nSPS) is 9.26. The van der Waals surface area contributed by atoms with Crippen molar-refractivity contribution in [2.75, 3.05) is 19.0 Å². The molecule has 1 aromatic carbocycles. The molecule has 0 saturated carbocycles. The zero-order chi connectivity index (χ0) is 14.3. The summed E-state index contributed by atoms with van der Waals surface area (Å²) in [7, 11) is 1.43. The Morgan fingerprint density at radius 2 is 2.21 bits per heavy atom. The van der Waals surface area contributed by atoms with Gasteiger partial charge in [-0.15, -0.1) is 12.3 Å². The number of ether oxygens (including phenoxy) is 1. The molecule has 0 aliphatic carbocycles. The fraction of sp³-hybridized carbons (Fsp3) is 0.231. The number of rotatable bonds is 5. The molecule has 19 heavy (non-hydrogen) atoms. The van der Waals surface area contributed by atoms with E-state index >= 15 is 0 Å². The predicted octanol–water partition coefficient (Wildman–Crippen LogP) is 1.54. The molecular weight excluding hydrogens is 248 g/mol. The van der Waals surface area contributed by atoms with Crippen LogP contribution in [0.15, 0.2) is 18.2 Å². The van der Waals surface area contributed by atoms with Gasteiger partial charge in [0.15, 0.2) is 0 Å². The molecular formula is C13H14N2O4. The molecule has 0 spiro atoms. The quantitative estimate of drug-likeness (QED) is 0.555. The van der Waals surface area contributed by atoms with Crippen LogP contribution in [0.1, 0.15) is 16.8 Å². The molecule has 3 N–H and O–H groups in total. The molecule has 0 aliphatic rings. The average molecular weight is 262 g/mol.